The molecule has 1 atom stereocenters. The Morgan fingerprint density at radius 3 is 0.759 bits per heavy atom. The summed E-state index contributed by atoms with van der Waals surface area (Å²) in [5, 5.41) is 0. The van der Waals surface area contributed by atoms with E-state index in [9.17, 15) is 14.4 Å². The van der Waals surface area contributed by atoms with E-state index in [1.807, 2.05) is 0 Å². The molecule has 0 saturated heterocycles. The maximum atomic E-state index is 13.0. The molecule has 0 aliphatic carbocycles. The third-order valence-corrected chi connectivity index (χ3v) is 14.6. The van der Waals surface area contributed by atoms with Gasteiger partial charge in [0.05, 0.1) is 0 Å². The molecule has 0 spiro atoms. The summed E-state index contributed by atoms with van der Waals surface area (Å²) in [4.78, 5) is 38.4. The Bertz CT molecular complexity index is 1750. The number of carbonyl (C=O) groups is 3. The van der Waals surface area contributed by atoms with Crippen LogP contribution in [0.15, 0.2) is 134 Å². The fraction of sp³-hybridized carbons (Fsp3) is 0.675. The Morgan fingerprint density at radius 1 is 0.253 bits per heavy atom. The minimum Gasteiger partial charge on any atom is -0.462 e. The Hall–Kier alpha value is -4.45. The molecule has 0 bridgehead atoms. The minimum atomic E-state index is -0.806. The zero-order valence-electron chi connectivity index (χ0n) is 54.2. The van der Waals surface area contributed by atoms with Crippen LogP contribution in [-0.2, 0) is 28.6 Å². The molecule has 472 valence electrons. The van der Waals surface area contributed by atoms with E-state index in [1.165, 1.54) is 128 Å². The lowest BCUT2D eigenvalue weighted by molar-refractivity contribution is -0.167. The van der Waals surface area contributed by atoms with Crippen molar-refractivity contribution in [3.63, 3.8) is 0 Å². The first-order valence-electron chi connectivity index (χ1n) is 34.7. The van der Waals surface area contributed by atoms with Crippen LogP contribution in [0.3, 0.4) is 0 Å². The molecule has 0 N–H and O–H groups in total. The Labute approximate surface area is 513 Å². The van der Waals surface area contributed by atoms with Gasteiger partial charge >= 0.3 is 17.9 Å². The third kappa shape index (κ3) is 68.2. The van der Waals surface area contributed by atoms with Crippen LogP contribution >= 0.6 is 0 Å². The first-order chi connectivity index (χ1) is 41.0. The fourth-order valence-electron chi connectivity index (χ4n) is 9.49. The highest BCUT2D eigenvalue weighted by Crippen LogP contribution is 2.16. The Morgan fingerprint density at radius 2 is 0.470 bits per heavy atom. The van der Waals surface area contributed by atoms with Crippen molar-refractivity contribution in [3.8, 4) is 0 Å². The van der Waals surface area contributed by atoms with Gasteiger partial charge in [-0.1, -0.05) is 296 Å². The molecule has 0 fully saturated rings. The van der Waals surface area contributed by atoms with Crippen molar-refractivity contribution in [3.05, 3.63) is 134 Å². The van der Waals surface area contributed by atoms with Crippen molar-refractivity contribution >= 4 is 17.9 Å². The van der Waals surface area contributed by atoms with Gasteiger partial charge in [0.25, 0.3) is 0 Å². The van der Waals surface area contributed by atoms with E-state index in [2.05, 4.69) is 154 Å². The van der Waals surface area contributed by atoms with Gasteiger partial charge in [-0.15, -0.1) is 0 Å². The van der Waals surface area contributed by atoms with E-state index in [-0.39, 0.29) is 31.1 Å². The summed E-state index contributed by atoms with van der Waals surface area (Å²) < 4.78 is 16.9. The van der Waals surface area contributed by atoms with Crippen LogP contribution in [0.5, 0.6) is 0 Å². The van der Waals surface area contributed by atoms with Gasteiger partial charge in [-0.3, -0.25) is 14.4 Å². The zero-order chi connectivity index (χ0) is 59.9. The topological polar surface area (TPSA) is 78.9 Å². The second kappa shape index (κ2) is 70.0. The van der Waals surface area contributed by atoms with Crippen LogP contribution in [0.1, 0.15) is 316 Å². The Balaban J connectivity index is 4.42. The second-order valence-electron chi connectivity index (χ2n) is 22.7. The quantitative estimate of drug-likeness (QED) is 0.0261. The van der Waals surface area contributed by atoms with E-state index in [0.29, 0.717) is 19.3 Å². The molecule has 6 nitrogen and oxygen atoms in total. The van der Waals surface area contributed by atoms with Crippen molar-refractivity contribution < 1.29 is 28.6 Å². The average Bonchev–Trinajstić information content (AvgIpc) is 3.49. The van der Waals surface area contributed by atoms with Gasteiger partial charge in [0.15, 0.2) is 6.10 Å². The van der Waals surface area contributed by atoms with Crippen LogP contribution in [-0.4, -0.2) is 37.2 Å². The molecule has 0 saturated carbocycles. The van der Waals surface area contributed by atoms with Gasteiger partial charge in [-0.2, -0.15) is 0 Å². The molecule has 1 unspecified atom stereocenters. The van der Waals surface area contributed by atoms with Crippen molar-refractivity contribution in [2.45, 2.75) is 322 Å². The highest BCUT2D eigenvalue weighted by molar-refractivity contribution is 5.71. The smallest absolute Gasteiger partial charge is 0.306 e. The monoisotopic (exact) mass is 1150 g/mol. The fourth-order valence-corrected chi connectivity index (χ4v) is 9.49. The highest BCUT2D eigenvalue weighted by Gasteiger charge is 2.19. The number of ether oxygens (including phenoxy) is 3. The predicted molar refractivity (Wildman–Crippen MR) is 362 cm³/mol. The number of allylic oxidation sites excluding steroid dienone is 22. The van der Waals surface area contributed by atoms with E-state index < -0.39 is 6.10 Å². The lowest BCUT2D eigenvalue weighted by atomic mass is 10.0. The van der Waals surface area contributed by atoms with Crippen molar-refractivity contribution in [2.24, 2.45) is 0 Å². The first kappa shape index (κ1) is 78.5. The minimum absolute atomic E-state index is 0.100. The van der Waals surface area contributed by atoms with Crippen LogP contribution in [0, 0.1) is 0 Å². The highest BCUT2D eigenvalue weighted by atomic mass is 16.6. The molecule has 0 heterocycles. The molecule has 0 aromatic heterocycles. The van der Waals surface area contributed by atoms with E-state index >= 15 is 0 Å². The van der Waals surface area contributed by atoms with E-state index in [1.54, 1.807) is 0 Å². The van der Waals surface area contributed by atoms with Crippen LogP contribution in [0.2, 0.25) is 0 Å². The number of carbonyl (C=O) groups excluding carboxylic acids is 3. The summed E-state index contributed by atoms with van der Waals surface area (Å²) in [6.07, 6.45) is 99.0. The number of hydrogen-bond donors (Lipinski definition) is 0. The molecule has 0 aromatic rings. The molecule has 0 aliphatic heterocycles. The molecular weight excluding hydrogens is 1020 g/mol. The summed E-state index contributed by atoms with van der Waals surface area (Å²) in [5.74, 6) is -0.942. The lowest BCUT2D eigenvalue weighted by Gasteiger charge is -2.18. The van der Waals surface area contributed by atoms with Crippen molar-refractivity contribution in [2.75, 3.05) is 13.2 Å². The summed E-state index contributed by atoms with van der Waals surface area (Å²) in [6, 6.07) is 0. The maximum absolute atomic E-state index is 13.0. The lowest BCUT2D eigenvalue weighted by Crippen LogP contribution is -2.30. The van der Waals surface area contributed by atoms with Crippen LogP contribution < -0.4 is 0 Å². The zero-order valence-corrected chi connectivity index (χ0v) is 54.2. The second-order valence-corrected chi connectivity index (χ2v) is 22.7. The molecule has 0 rings (SSSR count). The summed E-state index contributed by atoms with van der Waals surface area (Å²) in [7, 11) is 0. The molecular formula is C77H128O6. The van der Waals surface area contributed by atoms with Gasteiger partial charge < -0.3 is 14.2 Å². The van der Waals surface area contributed by atoms with Gasteiger partial charge in [0.1, 0.15) is 13.2 Å². The van der Waals surface area contributed by atoms with E-state index in [0.717, 1.165) is 148 Å². The van der Waals surface area contributed by atoms with Crippen molar-refractivity contribution in [1.82, 2.24) is 0 Å². The van der Waals surface area contributed by atoms with Gasteiger partial charge in [0.2, 0.25) is 0 Å². The van der Waals surface area contributed by atoms with Gasteiger partial charge in [-0.05, 0) is 135 Å². The van der Waals surface area contributed by atoms with Gasteiger partial charge in [-0.25, -0.2) is 0 Å². The SMILES string of the molecule is CC/C=C\C/C=C\C/C=C\C/C=C\C/C=C\C/C=C\C/C=C\CCCCCC(=O)OCC(COC(=O)CCCCCCC/C=C\C/C=C\C/C=C\CC)OC(=O)CCCCCCCCCCCCCCC/C=C\CCCCCCCCCC. The largest absolute Gasteiger partial charge is 0.462 e. The third-order valence-electron chi connectivity index (χ3n) is 14.6. The molecule has 6 heteroatoms. The summed E-state index contributed by atoms with van der Waals surface area (Å²) >= 11 is 0. The number of hydrogen-bond acceptors (Lipinski definition) is 6. The van der Waals surface area contributed by atoms with E-state index in [4.69, 9.17) is 14.2 Å². The standard InChI is InChI=1S/C77H128O6/c1-4-7-10-13-16-19-22-25-28-30-32-34-36-38-40-42-44-46-49-52-55-58-61-64-67-70-76(79)82-73-74(72-81-75(78)69-66-63-60-57-54-51-48-27-24-21-18-15-12-9-6-3)83-77(80)71-68-65-62-59-56-53-50-47-45-43-41-39-37-35-33-31-29-26-23-20-17-14-11-8-5-2/h7,9-10,12,16,18-19,21,25,27-28,31-34,38,40,44,46,48,52,55,74H,4-6,8,11,13-15,17,20,22-24,26,29-30,35-37,39,41-43,45,47,49-51,53-54,56-73H2,1-3H3/b10-7-,12-9-,19-16-,21-18-,28-25-,33-31-,34-32-,40-38-,46-44-,48-27-,55-52-. The molecule has 0 radical (unpaired) electrons. The molecule has 0 aliphatic rings. The molecule has 0 aromatic carbocycles. The average molecular weight is 1150 g/mol. The van der Waals surface area contributed by atoms with Gasteiger partial charge in [0, 0.05) is 19.3 Å². The number of unbranched alkanes of at least 4 members (excludes halogenated alkanes) is 29. The molecule has 83 heavy (non-hydrogen) atoms. The summed E-state index contributed by atoms with van der Waals surface area (Å²) in [6.45, 7) is 6.40. The maximum Gasteiger partial charge on any atom is 0.306 e. The first-order valence-corrected chi connectivity index (χ1v) is 34.7. The normalized spacial score (nSPS) is 13.0. The summed E-state index contributed by atoms with van der Waals surface area (Å²) in [5.41, 5.74) is 0. The van der Waals surface area contributed by atoms with Crippen molar-refractivity contribution in [1.29, 1.82) is 0 Å². The van der Waals surface area contributed by atoms with Crippen LogP contribution in [0.4, 0.5) is 0 Å². The number of rotatable bonds is 62. The Kier molecular flexibility index (Phi) is 66.3. The molecule has 0 amide bonds. The predicted octanol–water partition coefficient (Wildman–Crippen LogP) is 24.1. The number of esters is 3. The van der Waals surface area contributed by atoms with Crippen LogP contribution in [0.25, 0.3) is 0 Å².